The first kappa shape index (κ1) is 17.5. The maximum Gasteiger partial charge on any atom is 0.325 e. The van der Waals surface area contributed by atoms with Crippen molar-refractivity contribution in [3.63, 3.8) is 0 Å². The van der Waals surface area contributed by atoms with Crippen LogP contribution < -0.4 is 15.1 Å². The zero-order chi connectivity index (χ0) is 19.0. The smallest absolute Gasteiger partial charge is 0.291 e. The third-order valence-corrected chi connectivity index (χ3v) is 5.50. The normalized spacial score (nSPS) is 15.2. The van der Waals surface area contributed by atoms with Gasteiger partial charge in [0.2, 0.25) is 11.1 Å². The zero-order valence-electron chi connectivity index (χ0n) is 15.0. The van der Waals surface area contributed by atoms with Crippen LogP contribution in [-0.2, 0) is 10.5 Å². The minimum atomic E-state index is -0.384. The highest BCUT2D eigenvalue weighted by atomic mass is 32.2. The molecule has 2 aromatic carbocycles. The zero-order valence-corrected chi connectivity index (χ0v) is 15.9. The van der Waals surface area contributed by atoms with Gasteiger partial charge in [-0.3, -0.25) is 19.5 Å². The Morgan fingerprint density at radius 3 is 2.63 bits per heavy atom. The fraction of sp³-hybridized carbons (Fsp3) is 0.200. The first-order valence-corrected chi connectivity index (χ1v) is 9.67. The lowest BCUT2D eigenvalue weighted by molar-refractivity contribution is -0.768. The second-order valence-electron chi connectivity index (χ2n) is 6.36. The van der Waals surface area contributed by atoms with Gasteiger partial charge in [-0.05, 0) is 17.7 Å². The number of anilines is 1. The number of benzene rings is 2. The average molecular weight is 379 g/mol. The minimum Gasteiger partial charge on any atom is -0.291 e. The standard InChI is InChI=1S/C20H18N4O2S/c1-13-23(14(2)25)17-11-7-6-10-16(17)18-19(26)21-20(22-24(13)18)27-12-15-8-4-3-5-9-15/h3-11,13H,12H2,1-2H3/p+1/t13-/m0/s1. The Morgan fingerprint density at radius 1 is 1.19 bits per heavy atom. The Morgan fingerprint density at radius 2 is 1.89 bits per heavy atom. The number of amides is 1. The molecular formula is C20H19N4O2S+. The van der Waals surface area contributed by atoms with E-state index in [0.29, 0.717) is 22.2 Å². The van der Waals surface area contributed by atoms with Crippen molar-refractivity contribution in [3.05, 3.63) is 70.5 Å². The number of nitrogens with one attached hydrogen (secondary N) is 1. The molecule has 27 heavy (non-hydrogen) atoms. The van der Waals surface area contributed by atoms with Crippen molar-refractivity contribution in [1.29, 1.82) is 0 Å². The third kappa shape index (κ3) is 3.14. The molecule has 6 nitrogen and oxygen atoms in total. The molecule has 1 aliphatic rings. The molecule has 0 radical (unpaired) electrons. The number of H-pyrrole nitrogens is 1. The summed E-state index contributed by atoms with van der Waals surface area (Å²) in [5, 5.41) is 5.16. The van der Waals surface area contributed by atoms with E-state index in [1.165, 1.54) is 18.7 Å². The third-order valence-electron chi connectivity index (χ3n) is 4.57. The van der Waals surface area contributed by atoms with Crippen LogP contribution in [0.2, 0.25) is 0 Å². The Bertz CT molecular complexity index is 1070. The summed E-state index contributed by atoms with van der Waals surface area (Å²) in [5.41, 5.74) is 2.85. The van der Waals surface area contributed by atoms with Crippen molar-refractivity contribution < 1.29 is 9.48 Å². The van der Waals surface area contributed by atoms with E-state index >= 15 is 0 Å². The molecule has 0 bridgehead atoms. The molecule has 1 N–H and O–H groups in total. The number of rotatable bonds is 3. The number of fused-ring (bicyclic) bond motifs is 3. The molecule has 0 saturated heterocycles. The number of carbonyl (C=O) groups is 1. The number of hydrogen-bond acceptors (Lipinski definition) is 4. The lowest BCUT2D eigenvalue weighted by Crippen LogP contribution is -2.59. The fourth-order valence-corrected chi connectivity index (χ4v) is 4.17. The Labute approximate surface area is 160 Å². The van der Waals surface area contributed by atoms with Crippen LogP contribution in [0.4, 0.5) is 5.69 Å². The van der Waals surface area contributed by atoms with Gasteiger partial charge in [-0.2, -0.15) is 0 Å². The monoisotopic (exact) mass is 379 g/mol. The summed E-state index contributed by atoms with van der Waals surface area (Å²) in [7, 11) is 0. The van der Waals surface area contributed by atoms with Crippen LogP contribution in [0.5, 0.6) is 0 Å². The molecule has 0 unspecified atom stereocenters. The largest absolute Gasteiger partial charge is 0.325 e. The topological polar surface area (TPSA) is 69.9 Å². The summed E-state index contributed by atoms with van der Waals surface area (Å²) < 4.78 is 1.65. The maximum atomic E-state index is 12.8. The molecule has 1 amide bonds. The molecule has 1 aliphatic heterocycles. The molecule has 0 aliphatic carbocycles. The second kappa shape index (κ2) is 7.00. The predicted molar refractivity (Wildman–Crippen MR) is 104 cm³/mol. The summed E-state index contributed by atoms with van der Waals surface area (Å²) in [5.74, 6) is 0.610. The van der Waals surface area contributed by atoms with E-state index in [4.69, 9.17) is 0 Å². The molecule has 1 aromatic heterocycles. The van der Waals surface area contributed by atoms with Gasteiger partial charge in [0.25, 0.3) is 6.17 Å². The lowest BCUT2D eigenvalue weighted by atomic mass is 10.1. The van der Waals surface area contributed by atoms with Crippen molar-refractivity contribution in [1.82, 2.24) is 10.1 Å². The fourth-order valence-electron chi connectivity index (χ4n) is 3.37. The lowest BCUT2D eigenvalue weighted by Gasteiger charge is -2.29. The van der Waals surface area contributed by atoms with E-state index in [0.717, 1.165) is 11.3 Å². The maximum absolute atomic E-state index is 12.8. The van der Waals surface area contributed by atoms with E-state index in [2.05, 4.69) is 10.1 Å². The number of nitrogens with zero attached hydrogens (tertiary/aromatic N) is 3. The van der Waals surface area contributed by atoms with Crippen molar-refractivity contribution in [2.75, 3.05) is 4.90 Å². The molecule has 1 atom stereocenters. The number of aromatic amines is 1. The van der Waals surface area contributed by atoms with Crippen LogP contribution in [0.15, 0.2) is 64.5 Å². The van der Waals surface area contributed by atoms with E-state index in [1.807, 2.05) is 61.5 Å². The Balaban J connectivity index is 1.77. The Kier molecular flexibility index (Phi) is 4.53. The molecule has 0 spiro atoms. The molecule has 3 aromatic rings. The Hall–Kier alpha value is -2.93. The number of para-hydroxylation sites is 1. The van der Waals surface area contributed by atoms with Crippen molar-refractivity contribution in [3.8, 4) is 11.3 Å². The number of aromatic nitrogens is 3. The van der Waals surface area contributed by atoms with Gasteiger partial charge in [-0.15, -0.1) is 0 Å². The highest BCUT2D eigenvalue weighted by Crippen LogP contribution is 2.34. The second-order valence-corrected chi connectivity index (χ2v) is 7.33. The highest BCUT2D eigenvalue weighted by molar-refractivity contribution is 7.98. The van der Waals surface area contributed by atoms with Crippen LogP contribution in [0, 0.1) is 0 Å². The van der Waals surface area contributed by atoms with Crippen LogP contribution in [-0.4, -0.2) is 16.0 Å². The van der Waals surface area contributed by atoms with Gasteiger partial charge in [0.1, 0.15) is 0 Å². The van der Waals surface area contributed by atoms with Gasteiger partial charge in [0.15, 0.2) is 0 Å². The SMILES string of the molecule is CC(=O)N1c2ccccc2-c2c(=O)[nH]c(SCc3ccccc3)n[n+]2[C@H]1C. The van der Waals surface area contributed by atoms with Gasteiger partial charge in [-0.1, -0.05) is 58.9 Å². The molecule has 136 valence electrons. The minimum absolute atomic E-state index is 0.0892. The predicted octanol–water partition coefficient (Wildman–Crippen LogP) is 2.90. The first-order chi connectivity index (χ1) is 13.1. The van der Waals surface area contributed by atoms with Crippen LogP contribution in [0.1, 0.15) is 25.6 Å². The molecular weight excluding hydrogens is 360 g/mol. The average Bonchev–Trinajstić information content (AvgIpc) is 2.67. The summed E-state index contributed by atoms with van der Waals surface area (Å²) >= 11 is 1.46. The van der Waals surface area contributed by atoms with Crippen molar-refractivity contribution in [2.24, 2.45) is 0 Å². The first-order valence-electron chi connectivity index (χ1n) is 8.68. The number of hydrogen-bond donors (Lipinski definition) is 1. The van der Waals surface area contributed by atoms with E-state index in [1.54, 1.807) is 9.58 Å². The van der Waals surface area contributed by atoms with E-state index < -0.39 is 0 Å². The molecule has 2 heterocycles. The van der Waals surface area contributed by atoms with Gasteiger partial charge < -0.3 is 0 Å². The molecule has 7 heteroatoms. The summed E-state index contributed by atoms with van der Waals surface area (Å²) in [4.78, 5) is 29.7. The summed E-state index contributed by atoms with van der Waals surface area (Å²) in [6.45, 7) is 3.40. The van der Waals surface area contributed by atoms with Gasteiger partial charge in [0.05, 0.1) is 11.3 Å². The van der Waals surface area contributed by atoms with Gasteiger partial charge >= 0.3 is 11.3 Å². The molecule has 0 fully saturated rings. The number of carbonyl (C=O) groups excluding carboxylic acids is 1. The summed E-state index contributed by atoms with van der Waals surface area (Å²) in [6, 6.07) is 17.4. The van der Waals surface area contributed by atoms with Crippen molar-refractivity contribution >= 4 is 23.4 Å². The quantitative estimate of drug-likeness (QED) is 0.561. The van der Waals surface area contributed by atoms with Crippen LogP contribution >= 0.6 is 11.8 Å². The number of thioether (sulfide) groups is 1. The summed E-state index contributed by atoms with van der Waals surface area (Å²) in [6.07, 6.45) is -0.384. The highest BCUT2D eigenvalue weighted by Gasteiger charge is 2.40. The molecule has 0 saturated carbocycles. The molecule has 4 rings (SSSR count). The van der Waals surface area contributed by atoms with Crippen LogP contribution in [0.25, 0.3) is 11.3 Å². The van der Waals surface area contributed by atoms with Gasteiger partial charge in [0, 0.05) is 24.7 Å². The van der Waals surface area contributed by atoms with E-state index in [9.17, 15) is 9.59 Å². The van der Waals surface area contributed by atoms with Crippen molar-refractivity contribution in [2.45, 2.75) is 30.9 Å². The van der Waals surface area contributed by atoms with Crippen LogP contribution in [0.3, 0.4) is 0 Å². The van der Waals surface area contributed by atoms with Gasteiger partial charge in [-0.25, -0.2) is 0 Å². The van der Waals surface area contributed by atoms with E-state index in [-0.39, 0.29) is 17.6 Å².